The summed E-state index contributed by atoms with van der Waals surface area (Å²) in [6.07, 6.45) is 4.63. The average Bonchev–Trinajstić information content (AvgIpc) is 3.29. The first-order chi connectivity index (χ1) is 13.2. The lowest BCUT2D eigenvalue weighted by molar-refractivity contribution is -0.119. The third-order valence-corrected chi connectivity index (χ3v) is 6.12. The molecule has 1 heterocycles. The van der Waals surface area contributed by atoms with E-state index in [-0.39, 0.29) is 5.91 Å². The van der Waals surface area contributed by atoms with Gasteiger partial charge in [0.15, 0.2) is 5.16 Å². The highest BCUT2D eigenvalue weighted by molar-refractivity contribution is 7.99. The van der Waals surface area contributed by atoms with Crippen LogP contribution in [0.1, 0.15) is 31.2 Å². The molecular weight excluding hydrogens is 378 g/mol. The SMILES string of the molecule is O=C(CSc1nc2cc(Cl)ccc2n1Cc1ccccc1)NC1CCCC1. The molecule has 0 spiro atoms. The zero-order valence-electron chi connectivity index (χ0n) is 15.0. The molecule has 140 valence electrons. The molecule has 1 aliphatic carbocycles. The minimum atomic E-state index is 0.0863. The summed E-state index contributed by atoms with van der Waals surface area (Å²) in [4.78, 5) is 17.1. The van der Waals surface area contributed by atoms with Gasteiger partial charge in [-0.25, -0.2) is 4.98 Å². The molecule has 1 amide bonds. The minimum absolute atomic E-state index is 0.0863. The Labute approximate surface area is 168 Å². The molecule has 4 nitrogen and oxygen atoms in total. The Morgan fingerprint density at radius 1 is 1.19 bits per heavy atom. The molecule has 1 aromatic heterocycles. The molecule has 1 saturated carbocycles. The van der Waals surface area contributed by atoms with E-state index in [0.717, 1.165) is 29.0 Å². The van der Waals surface area contributed by atoms with E-state index in [0.29, 0.717) is 23.4 Å². The van der Waals surface area contributed by atoms with Crippen molar-refractivity contribution in [1.29, 1.82) is 0 Å². The number of halogens is 1. The van der Waals surface area contributed by atoms with Crippen LogP contribution < -0.4 is 5.32 Å². The number of fused-ring (bicyclic) bond motifs is 1. The smallest absolute Gasteiger partial charge is 0.230 e. The number of imidazole rings is 1. The fraction of sp³-hybridized carbons (Fsp3) is 0.333. The van der Waals surface area contributed by atoms with Crippen LogP contribution in [0.3, 0.4) is 0 Å². The fourth-order valence-corrected chi connectivity index (χ4v) is 4.57. The van der Waals surface area contributed by atoms with E-state index in [4.69, 9.17) is 16.6 Å². The van der Waals surface area contributed by atoms with Crippen LogP contribution in [0, 0.1) is 0 Å². The first kappa shape index (κ1) is 18.4. The summed E-state index contributed by atoms with van der Waals surface area (Å²) in [5.41, 5.74) is 3.09. The molecule has 0 atom stereocenters. The maximum atomic E-state index is 12.3. The summed E-state index contributed by atoms with van der Waals surface area (Å²) in [6.45, 7) is 0.714. The fourth-order valence-electron chi connectivity index (χ4n) is 3.58. The van der Waals surface area contributed by atoms with Gasteiger partial charge in [-0.3, -0.25) is 4.79 Å². The molecule has 4 rings (SSSR count). The third kappa shape index (κ3) is 4.47. The predicted octanol–water partition coefficient (Wildman–Crippen LogP) is 4.89. The van der Waals surface area contributed by atoms with E-state index in [2.05, 4.69) is 22.0 Å². The van der Waals surface area contributed by atoms with Gasteiger partial charge in [-0.2, -0.15) is 0 Å². The Kier molecular flexibility index (Phi) is 5.69. The Morgan fingerprint density at radius 3 is 2.74 bits per heavy atom. The van der Waals surface area contributed by atoms with Crippen molar-refractivity contribution in [3.8, 4) is 0 Å². The highest BCUT2D eigenvalue weighted by Gasteiger charge is 2.18. The number of rotatable bonds is 6. The van der Waals surface area contributed by atoms with E-state index in [1.807, 2.05) is 36.4 Å². The molecule has 0 aliphatic heterocycles. The van der Waals surface area contributed by atoms with Crippen LogP contribution in [-0.2, 0) is 11.3 Å². The quantitative estimate of drug-likeness (QED) is 0.600. The summed E-state index contributed by atoms with van der Waals surface area (Å²) in [5.74, 6) is 0.464. The van der Waals surface area contributed by atoms with Crippen molar-refractivity contribution in [2.24, 2.45) is 0 Å². The highest BCUT2D eigenvalue weighted by Crippen LogP contribution is 2.27. The van der Waals surface area contributed by atoms with Crippen LogP contribution in [0.5, 0.6) is 0 Å². The van der Waals surface area contributed by atoms with Gasteiger partial charge in [-0.15, -0.1) is 0 Å². The number of carbonyl (C=O) groups excluding carboxylic acids is 1. The molecule has 1 aliphatic rings. The summed E-state index contributed by atoms with van der Waals surface area (Å²) in [6, 6.07) is 16.4. The molecule has 1 N–H and O–H groups in total. The standard InChI is InChI=1S/C21H22ClN3OS/c22-16-10-11-19-18(12-16)24-21(25(19)13-15-6-2-1-3-7-15)27-14-20(26)23-17-8-4-5-9-17/h1-3,6-7,10-12,17H,4-5,8-9,13-14H2,(H,23,26). The van der Waals surface area contributed by atoms with Gasteiger partial charge in [0, 0.05) is 11.1 Å². The van der Waals surface area contributed by atoms with Gasteiger partial charge in [0.25, 0.3) is 0 Å². The zero-order chi connectivity index (χ0) is 18.6. The number of nitrogens with zero attached hydrogens (tertiary/aromatic N) is 2. The number of aromatic nitrogens is 2. The van der Waals surface area contributed by atoms with Gasteiger partial charge in [-0.05, 0) is 36.6 Å². The Bertz CT molecular complexity index is 935. The third-order valence-electron chi connectivity index (χ3n) is 4.91. The molecular formula is C21H22ClN3OS. The van der Waals surface area contributed by atoms with Crippen molar-refractivity contribution < 1.29 is 4.79 Å². The van der Waals surface area contributed by atoms with Gasteiger partial charge < -0.3 is 9.88 Å². The van der Waals surface area contributed by atoms with E-state index in [1.165, 1.54) is 30.2 Å². The first-order valence-electron chi connectivity index (χ1n) is 9.31. The topological polar surface area (TPSA) is 46.9 Å². The maximum Gasteiger partial charge on any atom is 0.230 e. The second kappa shape index (κ2) is 8.36. The summed E-state index contributed by atoms with van der Waals surface area (Å²) in [5, 5.41) is 4.66. The van der Waals surface area contributed by atoms with Crippen LogP contribution in [0.2, 0.25) is 5.02 Å². The van der Waals surface area contributed by atoms with Gasteiger partial charge in [-0.1, -0.05) is 66.5 Å². The summed E-state index contributed by atoms with van der Waals surface area (Å²) < 4.78 is 2.16. The molecule has 2 aromatic carbocycles. The molecule has 0 saturated heterocycles. The van der Waals surface area contributed by atoms with Crippen LogP contribution >= 0.6 is 23.4 Å². The monoisotopic (exact) mass is 399 g/mol. The lowest BCUT2D eigenvalue weighted by atomic mass is 10.2. The summed E-state index contributed by atoms with van der Waals surface area (Å²) in [7, 11) is 0. The molecule has 27 heavy (non-hydrogen) atoms. The lowest BCUT2D eigenvalue weighted by Crippen LogP contribution is -2.33. The average molecular weight is 400 g/mol. The summed E-state index contributed by atoms with van der Waals surface area (Å²) >= 11 is 7.63. The van der Waals surface area contributed by atoms with Crippen LogP contribution in [0.25, 0.3) is 11.0 Å². The van der Waals surface area contributed by atoms with Crippen molar-refractivity contribution in [2.75, 3.05) is 5.75 Å². The van der Waals surface area contributed by atoms with E-state index >= 15 is 0 Å². The van der Waals surface area contributed by atoms with Crippen molar-refractivity contribution in [3.05, 3.63) is 59.1 Å². The predicted molar refractivity (Wildman–Crippen MR) is 111 cm³/mol. The van der Waals surface area contributed by atoms with E-state index in [1.54, 1.807) is 0 Å². The second-order valence-electron chi connectivity index (χ2n) is 6.94. The number of amides is 1. The van der Waals surface area contributed by atoms with Crippen LogP contribution in [0.15, 0.2) is 53.7 Å². The number of thioether (sulfide) groups is 1. The molecule has 0 radical (unpaired) electrons. The van der Waals surface area contributed by atoms with Gasteiger partial charge in [0.05, 0.1) is 23.3 Å². The van der Waals surface area contributed by atoms with Crippen LogP contribution in [-0.4, -0.2) is 27.3 Å². The van der Waals surface area contributed by atoms with E-state index < -0.39 is 0 Å². The lowest BCUT2D eigenvalue weighted by Gasteiger charge is -2.12. The molecule has 0 bridgehead atoms. The van der Waals surface area contributed by atoms with Gasteiger partial charge in [0.2, 0.25) is 5.91 Å². The van der Waals surface area contributed by atoms with Gasteiger partial charge in [0.1, 0.15) is 0 Å². The van der Waals surface area contributed by atoms with Gasteiger partial charge >= 0.3 is 0 Å². The van der Waals surface area contributed by atoms with Crippen molar-refractivity contribution in [3.63, 3.8) is 0 Å². The number of hydrogen-bond donors (Lipinski definition) is 1. The maximum absolute atomic E-state index is 12.3. The molecule has 3 aromatic rings. The van der Waals surface area contributed by atoms with E-state index in [9.17, 15) is 4.79 Å². The highest BCUT2D eigenvalue weighted by atomic mass is 35.5. The Hall–Kier alpha value is -1.98. The van der Waals surface area contributed by atoms with Crippen molar-refractivity contribution >= 4 is 40.3 Å². The number of benzene rings is 2. The Morgan fingerprint density at radius 2 is 1.96 bits per heavy atom. The molecule has 0 unspecified atom stereocenters. The normalized spacial score (nSPS) is 14.7. The minimum Gasteiger partial charge on any atom is -0.353 e. The zero-order valence-corrected chi connectivity index (χ0v) is 16.6. The number of hydrogen-bond acceptors (Lipinski definition) is 3. The van der Waals surface area contributed by atoms with Crippen LogP contribution in [0.4, 0.5) is 0 Å². The van der Waals surface area contributed by atoms with Crippen molar-refractivity contribution in [1.82, 2.24) is 14.9 Å². The molecule has 1 fully saturated rings. The molecule has 6 heteroatoms. The number of carbonyl (C=O) groups is 1. The second-order valence-corrected chi connectivity index (χ2v) is 8.32. The largest absolute Gasteiger partial charge is 0.353 e. The first-order valence-corrected chi connectivity index (χ1v) is 10.7. The van der Waals surface area contributed by atoms with Crippen molar-refractivity contribution in [2.45, 2.75) is 43.4 Å². The number of nitrogens with one attached hydrogen (secondary N) is 1. The Balaban J connectivity index is 1.55.